The van der Waals surface area contributed by atoms with E-state index in [1.165, 1.54) is 12.8 Å². The zero-order valence-electron chi connectivity index (χ0n) is 16.4. The summed E-state index contributed by atoms with van der Waals surface area (Å²) >= 11 is 6.05. The molecule has 3 aromatic rings. The molecule has 1 amide bonds. The number of hydrogen-bond acceptors (Lipinski definition) is 2. The van der Waals surface area contributed by atoms with E-state index >= 15 is 0 Å². The Kier molecular flexibility index (Phi) is 4.76. The quantitative estimate of drug-likeness (QED) is 0.627. The molecule has 0 unspecified atom stereocenters. The molecule has 1 aliphatic rings. The fourth-order valence-electron chi connectivity index (χ4n) is 3.28. The van der Waals surface area contributed by atoms with Gasteiger partial charge in [0.15, 0.2) is 0 Å². The van der Waals surface area contributed by atoms with Crippen LogP contribution in [0, 0.1) is 0 Å². The van der Waals surface area contributed by atoms with Crippen molar-refractivity contribution < 1.29 is 4.79 Å². The number of benzene rings is 2. The second kappa shape index (κ2) is 7.10. The van der Waals surface area contributed by atoms with Gasteiger partial charge in [0.2, 0.25) is 0 Å². The number of amides is 1. The molecule has 0 bridgehead atoms. The van der Waals surface area contributed by atoms with Gasteiger partial charge in [-0.15, -0.1) is 0 Å². The Morgan fingerprint density at radius 2 is 1.82 bits per heavy atom. The van der Waals surface area contributed by atoms with E-state index < -0.39 is 0 Å². The molecule has 144 valence electrons. The second-order valence-corrected chi connectivity index (χ2v) is 8.85. The number of carbonyl (C=O) groups is 1. The molecule has 4 rings (SSSR count). The fourth-order valence-corrected chi connectivity index (χ4v) is 3.41. The normalized spacial score (nSPS) is 14.1. The molecule has 1 saturated carbocycles. The predicted octanol–water partition coefficient (Wildman–Crippen LogP) is 5.60. The Labute approximate surface area is 170 Å². The van der Waals surface area contributed by atoms with Crippen LogP contribution < -0.4 is 5.32 Å². The minimum absolute atomic E-state index is 0.0855. The van der Waals surface area contributed by atoms with Crippen molar-refractivity contribution in [3.05, 3.63) is 71.3 Å². The lowest BCUT2D eigenvalue weighted by Crippen LogP contribution is -2.40. The Morgan fingerprint density at radius 1 is 1.11 bits per heavy atom. The first kappa shape index (κ1) is 18.8. The van der Waals surface area contributed by atoms with Crippen molar-refractivity contribution >= 4 is 17.5 Å². The molecule has 1 aliphatic carbocycles. The summed E-state index contributed by atoms with van der Waals surface area (Å²) in [7, 11) is 0. The van der Waals surface area contributed by atoms with Crippen LogP contribution in [-0.2, 0) is 0 Å². The highest BCUT2D eigenvalue weighted by atomic mass is 35.5. The maximum atomic E-state index is 12.9. The van der Waals surface area contributed by atoms with E-state index in [1.807, 2.05) is 69.6 Å². The van der Waals surface area contributed by atoms with Gasteiger partial charge in [-0.1, -0.05) is 23.7 Å². The number of nitrogens with zero attached hydrogens (tertiary/aromatic N) is 2. The molecular formula is C23H24ClN3O. The summed E-state index contributed by atoms with van der Waals surface area (Å²) in [6, 6.07) is 13.7. The molecule has 28 heavy (non-hydrogen) atoms. The van der Waals surface area contributed by atoms with Crippen LogP contribution in [0.25, 0.3) is 16.8 Å². The van der Waals surface area contributed by atoms with Crippen LogP contribution in [0.2, 0.25) is 5.02 Å². The summed E-state index contributed by atoms with van der Waals surface area (Å²) in [6.45, 7) is 5.95. The Morgan fingerprint density at radius 3 is 2.46 bits per heavy atom. The van der Waals surface area contributed by atoms with E-state index in [0.29, 0.717) is 16.5 Å². The van der Waals surface area contributed by atoms with Gasteiger partial charge in [0, 0.05) is 40.1 Å². The van der Waals surface area contributed by atoms with E-state index in [4.69, 9.17) is 11.6 Å². The Balaban J connectivity index is 1.82. The van der Waals surface area contributed by atoms with Crippen molar-refractivity contribution in [3.8, 4) is 16.8 Å². The third kappa shape index (κ3) is 4.12. The van der Waals surface area contributed by atoms with Crippen LogP contribution in [0.15, 0.2) is 54.9 Å². The molecule has 0 saturated heterocycles. The number of imidazole rings is 1. The second-order valence-electron chi connectivity index (χ2n) is 8.41. The molecule has 0 aliphatic heterocycles. The fraction of sp³-hybridized carbons (Fsp3) is 0.304. The van der Waals surface area contributed by atoms with Gasteiger partial charge in [-0.2, -0.15) is 0 Å². The van der Waals surface area contributed by atoms with E-state index in [9.17, 15) is 4.79 Å². The van der Waals surface area contributed by atoms with Crippen molar-refractivity contribution in [2.45, 2.75) is 45.1 Å². The molecular weight excluding hydrogens is 370 g/mol. The molecule has 1 aromatic heterocycles. The molecule has 0 spiro atoms. The van der Waals surface area contributed by atoms with Gasteiger partial charge in [-0.25, -0.2) is 4.98 Å². The first-order valence-electron chi connectivity index (χ1n) is 9.57. The van der Waals surface area contributed by atoms with Crippen molar-refractivity contribution in [3.63, 3.8) is 0 Å². The van der Waals surface area contributed by atoms with E-state index in [2.05, 4.69) is 20.9 Å². The largest absolute Gasteiger partial charge is 0.347 e. The Hall–Kier alpha value is -2.59. The number of nitrogens with one attached hydrogen (secondary N) is 1. The summed E-state index contributed by atoms with van der Waals surface area (Å²) in [5.74, 6) is 1.49. The smallest absolute Gasteiger partial charge is 0.251 e. The Bertz CT molecular complexity index is 1010. The zero-order chi connectivity index (χ0) is 19.9. The molecule has 5 heteroatoms. The van der Waals surface area contributed by atoms with Gasteiger partial charge in [0.05, 0.1) is 0 Å². The minimum Gasteiger partial charge on any atom is -0.347 e. The SMILES string of the molecule is CC(C)(C)NC(=O)c1cc(-c2ccc(Cl)cc2)cc(-n2ccnc2C2CC2)c1. The molecule has 0 radical (unpaired) electrons. The lowest BCUT2D eigenvalue weighted by Gasteiger charge is -2.21. The molecule has 2 aromatic carbocycles. The van der Waals surface area contributed by atoms with Crippen LogP contribution in [0.5, 0.6) is 0 Å². The maximum absolute atomic E-state index is 12.9. The predicted molar refractivity (Wildman–Crippen MR) is 113 cm³/mol. The zero-order valence-corrected chi connectivity index (χ0v) is 17.1. The highest BCUT2D eigenvalue weighted by Gasteiger charge is 2.28. The van der Waals surface area contributed by atoms with E-state index in [0.717, 1.165) is 22.6 Å². The van der Waals surface area contributed by atoms with Crippen LogP contribution >= 0.6 is 11.6 Å². The van der Waals surface area contributed by atoms with Crippen LogP contribution in [0.4, 0.5) is 0 Å². The summed E-state index contributed by atoms with van der Waals surface area (Å²) in [5, 5.41) is 3.75. The summed E-state index contributed by atoms with van der Waals surface area (Å²) in [4.78, 5) is 17.4. The number of rotatable bonds is 4. The van der Waals surface area contributed by atoms with Crippen LogP contribution in [0.1, 0.15) is 55.7 Å². The number of aromatic nitrogens is 2. The number of hydrogen-bond donors (Lipinski definition) is 1. The number of halogens is 1. The van der Waals surface area contributed by atoms with Gasteiger partial charge in [0.1, 0.15) is 5.82 Å². The summed E-state index contributed by atoms with van der Waals surface area (Å²) in [6.07, 6.45) is 6.15. The van der Waals surface area contributed by atoms with Crippen molar-refractivity contribution in [2.75, 3.05) is 0 Å². The summed E-state index contributed by atoms with van der Waals surface area (Å²) < 4.78 is 2.10. The molecule has 1 fully saturated rings. The molecule has 1 heterocycles. The standard InChI is InChI=1S/C23H24ClN3O/c1-23(2,3)26-22(28)18-12-17(15-6-8-19(24)9-7-15)13-20(14-18)27-11-10-25-21(27)16-4-5-16/h6-14,16H,4-5H2,1-3H3,(H,26,28). The number of carbonyl (C=O) groups excluding carboxylic acids is 1. The molecule has 4 nitrogen and oxygen atoms in total. The average Bonchev–Trinajstić information content (AvgIpc) is 3.37. The van der Waals surface area contributed by atoms with Crippen molar-refractivity contribution in [1.82, 2.24) is 14.9 Å². The van der Waals surface area contributed by atoms with E-state index in [1.54, 1.807) is 0 Å². The summed E-state index contributed by atoms with van der Waals surface area (Å²) in [5.41, 5.74) is 3.27. The molecule has 1 N–H and O–H groups in total. The maximum Gasteiger partial charge on any atom is 0.251 e. The molecule has 0 atom stereocenters. The topological polar surface area (TPSA) is 46.9 Å². The van der Waals surface area contributed by atoms with E-state index in [-0.39, 0.29) is 11.4 Å². The monoisotopic (exact) mass is 393 g/mol. The minimum atomic E-state index is -0.304. The first-order chi connectivity index (χ1) is 13.3. The first-order valence-corrected chi connectivity index (χ1v) is 9.95. The lowest BCUT2D eigenvalue weighted by molar-refractivity contribution is 0.0919. The van der Waals surface area contributed by atoms with Gasteiger partial charge in [-0.05, 0) is 75.1 Å². The van der Waals surface area contributed by atoms with Crippen LogP contribution in [-0.4, -0.2) is 21.0 Å². The highest BCUT2D eigenvalue weighted by molar-refractivity contribution is 6.30. The highest BCUT2D eigenvalue weighted by Crippen LogP contribution is 2.40. The van der Waals surface area contributed by atoms with Crippen LogP contribution in [0.3, 0.4) is 0 Å². The van der Waals surface area contributed by atoms with Gasteiger partial charge in [-0.3, -0.25) is 4.79 Å². The van der Waals surface area contributed by atoms with Gasteiger partial charge in [0.25, 0.3) is 5.91 Å². The third-order valence-corrected chi connectivity index (χ3v) is 4.99. The third-order valence-electron chi connectivity index (χ3n) is 4.74. The van der Waals surface area contributed by atoms with Gasteiger partial charge < -0.3 is 9.88 Å². The van der Waals surface area contributed by atoms with Crippen molar-refractivity contribution in [1.29, 1.82) is 0 Å². The van der Waals surface area contributed by atoms with Gasteiger partial charge >= 0.3 is 0 Å². The average molecular weight is 394 g/mol. The van der Waals surface area contributed by atoms with Crippen molar-refractivity contribution in [2.24, 2.45) is 0 Å². The lowest BCUT2D eigenvalue weighted by atomic mass is 10.0.